The maximum Gasteiger partial charge on any atom is 0.189 e. The van der Waals surface area contributed by atoms with Crippen molar-refractivity contribution in [1.29, 1.82) is 21.2 Å². The molecule has 34 heavy (non-hydrogen) atoms. The van der Waals surface area contributed by atoms with E-state index in [1.54, 1.807) is 30.3 Å². The third-order valence-electron chi connectivity index (χ3n) is 6.76. The molecule has 1 fully saturated rings. The van der Waals surface area contributed by atoms with Crippen LogP contribution in [0.2, 0.25) is 0 Å². The van der Waals surface area contributed by atoms with Crippen LogP contribution in [0.5, 0.6) is 11.5 Å². The predicted molar refractivity (Wildman–Crippen MR) is 122 cm³/mol. The van der Waals surface area contributed by atoms with Crippen LogP contribution >= 0.6 is 0 Å². The first-order valence-electron chi connectivity index (χ1n) is 11.0. The molecule has 0 aliphatic heterocycles. The van der Waals surface area contributed by atoms with Gasteiger partial charge in [0, 0.05) is 5.92 Å². The zero-order valence-electron chi connectivity index (χ0n) is 18.7. The number of nitrogens with one attached hydrogen (secondary N) is 1. The van der Waals surface area contributed by atoms with Crippen molar-refractivity contribution in [2.45, 2.75) is 31.8 Å². The first kappa shape index (κ1) is 23.0. The number of nitriles is 3. The van der Waals surface area contributed by atoms with Crippen molar-refractivity contribution in [1.82, 2.24) is 0 Å². The van der Waals surface area contributed by atoms with E-state index in [9.17, 15) is 20.2 Å². The third-order valence-corrected chi connectivity index (χ3v) is 6.76. The fraction of sp³-hybridized carbons (Fsp3) is 0.333. The molecule has 170 valence electrons. The van der Waals surface area contributed by atoms with Gasteiger partial charge in [-0.3, -0.25) is 0 Å². The number of benzene rings is 2. The molecule has 2 aliphatic rings. The molecule has 6 nitrogen and oxygen atoms in total. The number of rotatable bonds is 5. The van der Waals surface area contributed by atoms with Gasteiger partial charge in [0.2, 0.25) is 0 Å². The average molecular weight is 455 g/mol. The number of halogens is 1. The number of nitrogens with zero attached hydrogens (tertiary/aromatic N) is 3. The molecule has 2 aliphatic carbocycles. The molecule has 0 saturated heterocycles. The van der Waals surface area contributed by atoms with Crippen molar-refractivity contribution in [3.63, 3.8) is 0 Å². The Hall–Kier alpha value is -4.15. The van der Waals surface area contributed by atoms with E-state index in [1.165, 1.54) is 19.2 Å². The van der Waals surface area contributed by atoms with E-state index < -0.39 is 17.3 Å². The largest absolute Gasteiger partial charge is 0.493 e. The summed E-state index contributed by atoms with van der Waals surface area (Å²) in [4.78, 5) is 0. The molecule has 0 heterocycles. The molecule has 7 heteroatoms. The topological polar surface area (TPSA) is 114 Å². The highest BCUT2D eigenvalue weighted by atomic mass is 19.1. The Kier molecular flexibility index (Phi) is 6.35. The molecule has 2 aromatic carbocycles. The van der Waals surface area contributed by atoms with E-state index in [0.717, 1.165) is 24.8 Å². The van der Waals surface area contributed by atoms with Gasteiger partial charge in [-0.15, -0.1) is 0 Å². The smallest absolute Gasteiger partial charge is 0.189 e. The van der Waals surface area contributed by atoms with E-state index in [-0.39, 0.29) is 24.1 Å². The number of allylic oxidation sites excluding steroid dienone is 2. The van der Waals surface area contributed by atoms with Gasteiger partial charge in [0.05, 0.1) is 31.0 Å². The highest BCUT2D eigenvalue weighted by molar-refractivity contribution is 6.00. The van der Waals surface area contributed by atoms with Crippen molar-refractivity contribution in [2.75, 3.05) is 7.11 Å². The van der Waals surface area contributed by atoms with Crippen molar-refractivity contribution in [3.05, 3.63) is 71.1 Å². The normalized spacial score (nSPS) is 22.9. The van der Waals surface area contributed by atoms with Crippen LogP contribution in [-0.4, -0.2) is 12.8 Å². The van der Waals surface area contributed by atoms with Crippen LogP contribution in [-0.2, 0) is 6.61 Å². The van der Waals surface area contributed by atoms with E-state index in [2.05, 4.69) is 18.2 Å². The number of ether oxygens (including phenoxy) is 2. The van der Waals surface area contributed by atoms with Crippen LogP contribution in [0.3, 0.4) is 0 Å². The molecule has 0 unspecified atom stereocenters. The number of fused-ring (bicyclic) bond motifs is 1. The summed E-state index contributed by atoms with van der Waals surface area (Å²) in [5.41, 5.74) is 0.251. The molecule has 0 bridgehead atoms. The van der Waals surface area contributed by atoms with Gasteiger partial charge in [-0.2, -0.15) is 15.8 Å². The fourth-order valence-corrected chi connectivity index (χ4v) is 5.17. The maximum atomic E-state index is 13.5. The second kappa shape index (κ2) is 9.38. The number of hydrogen-bond acceptors (Lipinski definition) is 6. The van der Waals surface area contributed by atoms with Crippen molar-refractivity contribution >= 4 is 5.71 Å². The Morgan fingerprint density at radius 1 is 1.12 bits per heavy atom. The summed E-state index contributed by atoms with van der Waals surface area (Å²) in [6.45, 7) is 0.140. The molecule has 2 aromatic rings. The van der Waals surface area contributed by atoms with Gasteiger partial charge >= 0.3 is 0 Å². The van der Waals surface area contributed by atoms with Gasteiger partial charge in [0.15, 0.2) is 16.9 Å². The van der Waals surface area contributed by atoms with E-state index in [4.69, 9.17) is 14.9 Å². The van der Waals surface area contributed by atoms with Crippen molar-refractivity contribution < 1.29 is 13.9 Å². The summed E-state index contributed by atoms with van der Waals surface area (Å²) >= 11 is 0. The van der Waals surface area contributed by atoms with Gasteiger partial charge in [0.1, 0.15) is 18.3 Å². The Morgan fingerprint density at radius 3 is 2.59 bits per heavy atom. The zero-order chi connectivity index (χ0) is 24.3. The second-order valence-corrected chi connectivity index (χ2v) is 8.56. The summed E-state index contributed by atoms with van der Waals surface area (Å²) in [6, 6.07) is 17.7. The fourth-order valence-electron chi connectivity index (χ4n) is 5.17. The Balaban J connectivity index is 1.74. The van der Waals surface area contributed by atoms with E-state index in [0.29, 0.717) is 22.6 Å². The SMILES string of the molecule is COc1cc([C@H]2[C@@H]3CCCC=C3[C@@H](C#N)C(=N)C2(C#N)C#N)ccc1OCc1cccc(F)c1. The van der Waals surface area contributed by atoms with Gasteiger partial charge in [-0.25, -0.2) is 4.39 Å². The molecule has 3 atom stereocenters. The highest BCUT2D eigenvalue weighted by Crippen LogP contribution is 2.55. The lowest BCUT2D eigenvalue weighted by Gasteiger charge is -2.45. The van der Waals surface area contributed by atoms with Gasteiger partial charge < -0.3 is 14.9 Å². The Morgan fingerprint density at radius 2 is 1.91 bits per heavy atom. The van der Waals surface area contributed by atoms with Crippen LogP contribution in [0.4, 0.5) is 4.39 Å². The molecule has 1 saturated carbocycles. The molecular weight excluding hydrogens is 431 g/mol. The third kappa shape index (κ3) is 3.78. The zero-order valence-corrected chi connectivity index (χ0v) is 18.7. The summed E-state index contributed by atoms with van der Waals surface area (Å²) < 4.78 is 24.9. The van der Waals surface area contributed by atoms with Crippen LogP contribution in [0, 0.1) is 62.5 Å². The molecule has 4 rings (SSSR count). The lowest BCUT2D eigenvalue weighted by atomic mass is 9.53. The minimum atomic E-state index is -1.76. The minimum absolute atomic E-state index is 0.140. The first-order valence-corrected chi connectivity index (χ1v) is 11.0. The van der Waals surface area contributed by atoms with Crippen LogP contribution < -0.4 is 9.47 Å². The maximum absolute atomic E-state index is 13.5. The summed E-state index contributed by atoms with van der Waals surface area (Å²) in [6.07, 6.45) is 4.42. The summed E-state index contributed by atoms with van der Waals surface area (Å²) in [5, 5.41) is 38.7. The lowest BCUT2D eigenvalue weighted by Crippen LogP contribution is -2.48. The van der Waals surface area contributed by atoms with Crippen molar-refractivity contribution in [2.24, 2.45) is 17.3 Å². The van der Waals surface area contributed by atoms with Gasteiger partial charge in [-0.05, 0) is 66.1 Å². The van der Waals surface area contributed by atoms with Gasteiger partial charge in [0.25, 0.3) is 0 Å². The highest BCUT2D eigenvalue weighted by Gasteiger charge is 2.57. The molecule has 0 spiro atoms. The van der Waals surface area contributed by atoms with Crippen LogP contribution in [0.15, 0.2) is 54.1 Å². The lowest BCUT2D eigenvalue weighted by molar-refractivity contribution is 0.282. The van der Waals surface area contributed by atoms with Crippen molar-refractivity contribution in [3.8, 4) is 29.7 Å². The molecule has 1 N–H and O–H groups in total. The molecular formula is C27H23FN4O2. The Labute approximate surface area is 198 Å². The minimum Gasteiger partial charge on any atom is -0.493 e. The summed E-state index contributed by atoms with van der Waals surface area (Å²) in [7, 11) is 1.50. The quantitative estimate of drug-likeness (QED) is 0.605. The average Bonchev–Trinajstić information content (AvgIpc) is 2.87. The molecule has 0 aromatic heterocycles. The number of methoxy groups -OCH3 is 1. The predicted octanol–water partition coefficient (Wildman–Crippen LogP) is 5.43. The van der Waals surface area contributed by atoms with Gasteiger partial charge in [-0.1, -0.05) is 24.3 Å². The standard InChI is InChI=1S/C27H23FN4O2/c1-33-24-12-18(9-10-23(24)34-14-17-5-4-6-19(28)11-17)25-21-8-3-2-7-20(21)22(13-29)26(32)27(25,15-30)16-31/h4-7,9-12,21-22,25,32H,2-3,8,14H2,1H3/t21-,22-,25+/m1/s1. The number of hydrogen-bond donors (Lipinski definition) is 1. The second-order valence-electron chi connectivity index (χ2n) is 8.56. The van der Waals surface area contributed by atoms with Crippen LogP contribution in [0.25, 0.3) is 0 Å². The first-order chi connectivity index (χ1) is 16.5. The van der Waals surface area contributed by atoms with Crippen LogP contribution in [0.1, 0.15) is 36.3 Å². The molecule has 0 amide bonds. The Bertz CT molecular complexity index is 1270. The van der Waals surface area contributed by atoms with E-state index in [1.807, 2.05) is 6.08 Å². The van der Waals surface area contributed by atoms with E-state index >= 15 is 0 Å². The molecule has 0 radical (unpaired) electrons. The monoisotopic (exact) mass is 454 g/mol. The summed E-state index contributed by atoms with van der Waals surface area (Å²) in [5.74, 6) is -1.17.